The maximum Gasteiger partial charge on any atom is -0.0120 e. The van der Waals surface area contributed by atoms with Crippen molar-refractivity contribution in [3.05, 3.63) is 47.5 Å². The van der Waals surface area contributed by atoms with Crippen LogP contribution in [0.3, 0.4) is 0 Å². The third kappa shape index (κ3) is 0.983. The van der Waals surface area contributed by atoms with Gasteiger partial charge in [0.25, 0.3) is 0 Å². The second-order valence-electron chi connectivity index (χ2n) is 3.79. The van der Waals surface area contributed by atoms with E-state index >= 15 is 0 Å². The highest BCUT2D eigenvalue weighted by molar-refractivity contribution is 5.74. The van der Waals surface area contributed by atoms with Gasteiger partial charge in [0.05, 0.1) is 0 Å². The zero-order chi connectivity index (χ0) is 8.67. The highest BCUT2D eigenvalue weighted by Crippen LogP contribution is 2.35. The average molecular weight is 168 g/mol. The van der Waals surface area contributed by atoms with Gasteiger partial charge >= 0.3 is 0 Å². The van der Waals surface area contributed by atoms with Crippen molar-refractivity contribution in [2.75, 3.05) is 0 Å². The van der Waals surface area contributed by atoms with Gasteiger partial charge in [0, 0.05) is 0 Å². The first kappa shape index (κ1) is 7.14. The van der Waals surface area contributed by atoms with Gasteiger partial charge in [0.15, 0.2) is 0 Å². The summed E-state index contributed by atoms with van der Waals surface area (Å²) in [6.45, 7) is 0. The molecule has 13 heavy (non-hydrogen) atoms. The lowest BCUT2D eigenvalue weighted by Crippen LogP contribution is -1.98. The number of hydrogen-bond acceptors (Lipinski definition) is 0. The van der Waals surface area contributed by atoms with Gasteiger partial charge in [-0.15, -0.1) is 0 Å². The zero-order valence-corrected chi connectivity index (χ0v) is 7.59. The fourth-order valence-corrected chi connectivity index (χ4v) is 2.37. The van der Waals surface area contributed by atoms with Gasteiger partial charge in [-0.05, 0) is 41.5 Å². The van der Waals surface area contributed by atoms with E-state index in [0.29, 0.717) is 0 Å². The van der Waals surface area contributed by atoms with Crippen LogP contribution in [0.5, 0.6) is 0 Å². The molecular weight excluding hydrogens is 156 g/mol. The highest BCUT2D eigenvalue weighted by atomic mass is 14.2. The van der Waals surface area contributed by atoms with Crippen LogP contribution in [0.15, 0.2) is 36.4 Å². The summed E-state index contributed by atoms with van der Waals surface area (Å²) in [5.41, 5.74) is 6.02. The summed E-state index contributed by atoms with van der Waals surface area (Å²) in [6.07, 6.45) is 3.83. The first-order valence-electron chi connectivity index (χ1n) is 4.95. The fourth-order valence-electron chi connectivity index (χ4n) is 2.37. The van der Waals surface area contributed by atoms with Crippen molar-refractivity contribution < 1.29 is 0 Å². The Morgan fingerprint density at radius 1 is 0.769 bits per heavy atom. The molecular formula is C13H12. The molecule has 0 radical (unpaired) electrons. The smallest absolute Gasteiger partial charge is 0.0120 e. The van der Waals surface area contributed by atoms with Gasteiger partial charge in [0.1, 0.15) is 0 Å². The van der Waals surface area contributed by atoms with Crippen molar-refractivity contribution in [3.8, 4) is 11.1 Å². The van der Waals surface area contributed by atoms with Gasteiger partial charge in [-0.3, -0.25) is 0 Å². The summed E-state index contributed by atoms with van der Waals surface area (Å²) in [5, 5.41) is 0. The largest absolute Gasteiger partial charge is 0.0620 e. The van der Waals surface area contributed by atoms with Crippen molar-refractivity contribution >= 4 is 0 Å². The van der Waals surface area contributed by atoms with E-state index in [1.807, 2.05) is 0 Å². The Bertz CT molecular complexity index is 415. The Labute approximate surface area is 78.6 Å². The molecule has 0 amide bonds. The van der Waals surface area contributed by atoms with Crippen LogP contribution in [0.25, 0.3) is 11.1 Å². The minimum atomic E-state index is 1.25. The second kappa shape index (κ2) is 2.59. The molecule has 0 aromatic heterocycles. The van der Waals surface area contributed by atoms with Crippen LogP contribution in [0.2, 0.25) is 0 Å². The van der Waals surface area contributed by atoms with Crippen LogP contribution >= 0.6 is 0 Å². The summed E-state index contributed by atoms with van der Waals surface area (Å²) in [7, 11) is 0. The molecule has 0 nitrogen and oxygen atoms in total. The molecule has 0 aliphatic heterocycles. The maximum atomic E-state index is 2.29. The molecule has 3 aliphatic rings. The van der Waals surface area contributed by atoms with E-state index < -0.39 is 0 Å². The summed E-state index contributed by atoms with van der Waals surface area (Å²) in [4.78, 5) is 0. The number of rotatable bonds is 0. The van der Waals surface area contributed by atoms with Crippen molar-refractivity contribution in [2.45, 2.75) is 19.3 Å². The van der Waals surface area contributed by atoms with Gasteiger partial charge < -0.3 is 0 Å². The normalized spacial score (nSPS) is 14.8. The topological polar surface area (TPSA) is 0 Å². The summed E-state index contributed by atoms with van der Waals surface area (Å²) < 4.78 is 0. The van der Waals surface area contributed by atoms with Crippen LogP contribution < -0.4 is 0 Å². The minimum Gasteiger partial charge on any atom is -0.0620 e. The van der Waals surface area contributed by atoms with E-state index in [1.54, 1.807) is 5.56 Å². The summed E-state index contributed by atoms with van der Waals surface area (Å²) >= 11 is 0. The molecule has 0 saturated carbocycles. The first-order chi connectivity index (χ1) is 6.45. The first-order valence-corrected chi connectivity index (χ1v) is 4.95. The summed E-state index contributed by atoms with van der Waals surface area (Å²) in [5.74, 6) is 0. The second-order valence-corrected chi connectivity index (χ2v) is 3.79. The predicted octanol–water partition coefficient (Wildman–Crippen LogP) is 3.28. The molecule has 0 atom stereocenters. The van der Waals surface area contributed by atoms with Crippen molar-refractivity contribution in [3.63, 3.8) is 0 Å². The van der Waals surface area contributed by atoms with E-state index in [1.165, 1.54) is 36.0 Å². The number of aryl methyl sites for hydroxylation is 2. The molecule has 0 aromatic carbocycles. The van der Waals surface area contributed by atoms with Gasteiger partial charge in [0.2, 0.25) is 0 Å². The lowest BCUT2D eigenvalue weighted by atomic mass is 9.91. The minimum absolute atomic E-state index is 1.25. The molecule has 3 rings (SSSR count). The quantitative estimate of drug-likeness (QED) is 0.566. The third-order valence-corrected chi connectivity index (χ3v) is 2.97. The Kier molecular flexibility index (Phi) is 1.42. The predicted molar refractivity (Wildman–Crippen MR) is 55.1 cm³/mol. The van der Waals surface area contributed by atoms with Crippen LogP contribution in [-0.2, 0) is 12.8 Å². The molecule has 0 bridgehead atoms. The van der Waals surface area contributed by atoms with E-state index in [9.17, 15) is 0 Å². The van der Waals surface area contributed by atoms with Gasteiger partial charge in [-0.25, -0.2) is 0 Å². The SMILES string of the molecule is c1ccc2c3c(ccc-3c1)CCC2. The molecule has 0 aromatic rings. The van der Waals surface area contributed by atoms with Gasteiger partial charge in [-0.2, -0.15) is 0 Å². The molecule has 0 saturated heterocycles. The lowest BCUT2D eigenvalue weighted by molar-refractivity contribution is 0.801. The third-order valence-electron chi connectivity index (χ3n) is 2.97. The Morgan fingerprint density at radius 3 is 2.46 bits per heavy atom. The molecule has 0 heteroatoms. The van der Waals surface area contributed by atoms with E-state index in [4.69, 9.17) is 0 Å². The molecule has 0 fully saturated rings. The Morgan fingerprint density at radius 2 is 1.54 bits per heavy atom. The van der Waals surface area contributed by atoms with Gasteiger partial charge in [-0.1, -0.05) is 36.4 Å². The molecule has 0 unspecified atom stereocenters. The standard InChI is InChI=1S/C13H12/c1-2-5-11-8-9-12-7-3-6-10(4-1)13(11)12/h1-2,4-5,8-9H,3,6-7H2. The van der Waals surface area contributed by atoms with Crippen LogP contribution in [0.1, 0.15) is 17.5 Å². The Balaban J connectivity index is 2.39. The fraction of sp³-hybridized carbons (Fsp3) is 0.231. The molecule has 0 N–H and O–H groups in total. The lowest BCUT2D eigenvalue weighted by Gasteiger charge is -2.13. The molecule has 0 spiro atoms. The van der Waals surface area contributed by atoms with Crippen molar-refractivity contribution in [1.29, 1.82) is 0 Å². The van der Waals surface area contributed by atoms with Crippen molar-refractivity contribution in [1.82, 2.24) is 0 Å². The Hall–Kier alpha value is -1.30. The molecule has 64 valence electrons. The van der Waals surface area contributed by atoms with E-state index in [2.05, 4.69) is 36.4 Å². The van der Waals surface area contributed by atoms with Crippen LogP contribution in [0, 0.1) is 0 Å². The zero-order valence-electron chi connectivity index (χ0n) is 7.59. The van der Waals surface area contributed by atoms with E-state index in [-0.39, 0.29) is 0 Å². The van der Waals surface area contributed by atoms with Crippen molar-refractivity contribution in [2.24, 2.45) is 0 Å². The van der Waals surface area contributed by atoms with E-state index in [0.717, 1.165) is 0 Å². The summed E-state index contributed by atoms with van der Waals surface area (Å²) in [6, 6.07) is 13.3. The maximum absolute atomic E-state index is 2.29. The monoisotopic (exact) mass is 168 g/mol. The highest BCUT2D eigenvalue weighted by Gasteiger charge is 2.15. The number of hydrogen-bond donors (Lipinski definition) is 0. The van der Waals surface area contributed by atoms with Crippen LogP contribution in [-0.4, -0.2) is 0 Å². The molecule has 3 aliphatic carbocycles. The molecule has 0 heterocycles. The van der Waals surface area contributed by atoms with Crippen LogP contribution in [0.4, 0.5) is 0 Å². The average Bonchev–Trinajstić information content (AvgIpc) is 2.44.